The zero-order valence-corrected chi connectivity index (χ0v) is 19.9. The molecule has 2 heterocycles. The number of anilines is 1. The van der Waals surface area contributed by atoms with Crippen LogP contribution >= 0.6 is 0 Å². The lowest BCUT2D eigenvalue weighted by molar-refractivity contribution is -0.150. The molecule has 1 aromatic carbocycles. The minimum atomic E-state index is -3.49. The lowest BCUT2D eigenvalue weighted by Crippen LogP contribution is -2.48. The van der Waals surface area contributed by atoms with Crippen LogP contribution in [0.1, 0.15) is 42.7 Å². The molecule has 1 aliphatic heterocycles. The predicted molar refractivity (Wildman–Crippen MR) is 127 cm³/mol. The van der Waals surface area contributed by atoms with Crippen molar-refractivity contribution in [2.75, 3.05) is 17.6 Å². The van der Waals surface area contributed by atoms with E-state index in [0.29, 0.717) is 23.6 Å². The Labute approximate surface area is 190 Å². The van der Waals surface area contributed by atoms with Crippen molar-refractivity contribution in [1.29, 1.82) is 0 Å². The molecule has 0 saturated carbocycles. The fourth-order valence-corrected chi connectivity index (χ4v) is 3.99. The van der Waals surface area contributed by atoms with Crippen LogP contribution < -0.4 is 10.0 Å². The molecule has 7 nitrogen and oxygen atoms in total. The Bertz CT molecular complexity index is 1130. The van der Waals surface area contributed by atoms with Crippen LogP contribution in [0.15, 0.2) is 42.5 Å². The summed E-state index contributed by atoms with van der Waals surface area (Å²) in [5.74, 6) is 0.0428. The minimum Gasteiger partial charge on any atom is -0.459 e. The molecule has 1 aromatic heterocycles. The number of allylic oxidation sites excluding steroid dienone is 1. The Hall–Kier alpha value is -2.71. The average Bonchev–Trinajstić information content (AvgIpc) is 2.72. The highest BCUT2D eigenvalue weighted by Crippen LogP contribution is 2.22. The van der Waals surface area contributed by atoms with E-state index in [1.807, 2.05) is 18.2 Å². The predicted octanol–water partition coefficient (Wildman–Crippen LogP) is 3.08. The van der Waals surface area contributed by atoms with Gasteiger partial charge in [-0.2, -0.15) is 0 Å². The molecule has 0 aliphatic carbocycles. The van der Waals surface area contributed by atoms with Gasteiger partial charge in [-0.1, -0.05) is 37.3 Å². The van der Waals surface area contributed by atoms with Crippen molar-refractivity contribution in [2.45, 2.75) is 45.3 Å². The second-order valence-corrected chi connectivity index (χ2v) is 10.9. The molecule has 2 atom stereocenters. The lowest BCUT2D eigenvalue weighted by Gasteiger charge is -2.23. The Morgan fingerprint density at radius 3 is 2.62 bits per heavy atom. The molecule has 4 bridgehead atoms. The summed E-state index contributed by atoms with van der Waals surface area (Å²) in [6.07, 6.45) is 7.25. The first-order chi connectivity index (χ1) is 14.9. The van der Waals surface area contributed by atoms with E-state index in [4.69, 9.17) is 10.5 Å². The number of sulfonamides is 1. The summed E-state index contributed by atoms with van der Waals surface area (Å²) >= 11 is 0. The molecule has 1 aliphatic rings. The maximum Gasteiger partial charge on any atom is 0.326 e. The number of cyclic esters (lactones) is 1. The number of carbonyl (C=O) groups is 1. The van der Waals surface area contributed by atoms with Gasteiger partial charge in [0.15, 0.2) is 0 Å². The van der Waals surface area contributed by atoms with Crippen LogP contribution in [0.5, 0.6) is 0 Å². The number of hydrogen-bond donors (Lipinski definition) is 1. The molecule has 172 valence electrons. The number of aromatic nitrogens is 1. The smallest absolute Gasteiger partial charge is 0.326 e. The van der Waals surface area contributed by atoms with E-state index >= 15 is 0 Å². The average molecular weight is 458 g/mol. The van der Waals surface area contributed by atoms with Crippen molar-refractivity contribution in [2.24, 2.45) is 11.7 Å². The molecule has 32 heavy (non-hydrogen) atoms. The highest BCUT2D eigenvalue weighted by Gasteiger charge is 2.30. The zero-order chi connectivity index (χ0) is 23.5. The Balaban J connectivity index is 2.00. The third-order valence-electron chi connectivity index (χ3n) is 5.59. The lowest BCUT2D eigenvalue weighted by atomic mass is 9.92. The second kappa shape index (κ2) is 9.42. The first-order valence-corrected chi connectivity index (χ1v) is 12.5. The van der Waals surface area contributed by atoms with E-state index in [-0.39, 0.29) is 12.4 Å². The number of rotatable bonds is 2. The number of pyridine rings is 1. The summed E-state index contributed by atoms with van der Waals surface area (Å²) < 4.78 is 30.7. The minimum absolute atomic E-state index is 0.0326. The number of hydrogen-bond acceptors (Lipinski definition) is 6. The van der Waals surface area contributed by atoms with Crippen LogP contribution in [0.3, 0.4) is 0 Å². The number of fused-ring (bicyclic) bond motifs is 4. The number of aryl methyl sites for hydroxylation is 1. The van der Waals surface area contributed by atoms with Crippen LogP contribution in [0.4, 0.5) is 5.82 Å². The van der Waals surface area contributed by atoms with Crippen LogP contribution in [0.2, 0.25) is 0 Å². The van der Waals surface area contributed by atoms with E-state index in [2.05, 4.69) is 30.1 Å². The third-order valence-corrected chi connectivity index (χ3v) is 6.78. The van der Waals surface area contributed by atoms with Crippen molar-refractivity contribution in [1.82, 2.24) is 4.98 Å². The zero-order valence-electron chi connectivity index (χ0n) is 19.0. The molecule has 3 rings (SSSR count). The van der Waals surface area contributed by atoms with Crippen molar-refractivity contribution in [3.05, 3.63) is 64.9 Å². The molecule has 2 unspecified atom stereocenters. The molecular formula is C24H31N3O4S. The monoisotopic (exact) mass is 457 g/mol. The molecule has 0 radical (unpaired) electrons. The van der Waals surface area contributed by atoms with Crippen LogP contribution in [0.25, 0.3) is 6.08 Å². The van der Waals surface area contributed by atoms with Gasteiger partial charge in [-0.3, -0.25) is 9.10 Å². The number of ether oxygens (including phenoxy) is 1. The van der Waals surface area contributed by atoms with Crippen LogP contribution in [-0.2, 0) is 39.0 Å². The van der Waals surface area contributed by atoms with Gasteiger partial charge in [0.25, 0.3) is 0 Å². The molecule has 2 N–H and O–H groups in total. The summed E-state index contributed by atoms with van der Waals surface area (Å²) in [6.45, 7) is 3.77. The number of nitrogens with zero attached hydrogens (tertiary/aromatic N) is 2. The Morgan fingerprint density at radius 1 is 1.19 bits per heavy atom. The summed E-state index contributed by atoms with van der Waals surface area (Å²) in [7, 11) is -2.05. The summed E-state index contributed by atoms with van der Waals surface area (Å²) in [5, 5.41) is 0. The number of nitrogens with two attached hydrogens (primary N) is 1. The van der Waals surface area contributed by atoms with Gasteiger partial charge in [-0.25, -0.2) is 13.4 Å². The van der Waals surface area contributed by atoms with Crippen LogP contribution in [0, 0.1) is 5.92 Å². The molecule has 2 aromatic rings. The van der Waals surface area contributed by atoms with Gasteiger partial charge < -0.3 is 10.5 Å². The van der Waals surface area contributed by atoms with E-state index in [1.165, 1.54) is 12.6 Å². The van der Waals surface area contributed by atoms with Crippen molar-refractivity contribution in [3.63, 3.8) is 0 Å². The fraction of sp³-hybridized carbons (Fsp3) is 0.417. The van der Waals surface area contributed by atoms with Crippen molar-refractivity contribution in [3.8, 4) is 0 Å². The van der Waals surface area contributed by atoms with E-state index in [1.54, 1.807) is 19.1 Å². The Morgan fingerprint density at radius 2 is 1.91 bits per heavy atom. The van der Waals surface area contributed by atoms with Gasteiger partial charge in [0.2, 0.25) is 10.0 Å². The van der Waals surface area contributed by atoms with Crippen LogP contribution in [-0.4, -0.2) is 38.2 Å². The largest absolute Gasteiger partial charge is 0.459 e. The van der Waals surface area contributed by atoms with E-state index in [0.717, 1.165) is 29.0 Å². The summed E-state index contributed by atoms with van der Waals surface area (Å²) in [6, 6.07) is 11.5. The standard InChI is InChI=1S/C24H31N3O4S/c1-17-8-10-18-6-5-7-19(12-18)15-24(2,25)23(28)31-16-20-13-21(11-9-17)26-22(14-20)27(3)32(4,29)30/h5-7,9,11-14,17H,8,10,15-16,25H2,1-4H3/b11-9+. The highest BCUT2D eigenvalue weighted by molar-refractivity contribution is 7.92. The number of carbonyl (C=O) groups excluding carboxylic acids is 1. The van der Waals surface area contributed by atoms with Crippen molar-refractivity contribution < 1.29 is 17.9 Å². The Kier molecular flexibility index (Phi) is 7.05. The normalized spacial score (nSPS) is 23.3. The van der Waals surface area contributed by atoms with Gasteiger partial charge in [0.05, 0.1) is 11.9 Å². The number of esters is 1. The van der Waals surface area contributed by atoms with E-state index < -0.39 is 21.5 Å². The summed E-state index contributed by atoms with van der Waals surface area (Å²) in [4.78, 5) is 17.2. The first-order valence-electron chi connectivity index (χ1n) is 10.6. The topological polar surface area (TPSA) is 103 Å². The molecular weight excluding hydrogens is 426 g/mol. The molecule has 0 fully saturated rings. The van der Waals surface area contributed by atoms with Gasteiger partial charge in [-0.15, -0.1) is 0 Å². The number of benzene rings is 1. The quantitative estimate of drug-likeness (QED) is 0.696. The van der Waals surface area contributed by atoms with Gasteiger partial charge >= 0.3 is 5.97 Å². The molecule has 0 saturated heterocycles. The molecule has 0 spiro atoms. The maximum atomic E-state index is 12.8. The third kappa shape index (κ3) is 6.17. The molecule has 0 amide bonds. The van der Waals surface area contributed by atoms with Gasteiger partial charge in [0, 0.05) is 13.5 Å². The maximum absolute atomic E-state index is 12.8. The molecule has 8 heteroatoms. The second-order valence-electron chi connectivity index (χ2n) is 8.85. The first kappa shape index (κ1) is 23.9. The van der Waals surface area contributed by atoms with Crippen molar-refractivity contribution >= 4 is 27.9 Å². The summed E-state index contributed by atoms with van der Waals surface area (Å²) in [5.41, 5.74) is 8.54. The van der Waals surface area contributed by atoms with E-state index in [9.17, 15) is 13.2 Å². The fourth-order valence-electron chi connectivity index (χ4n) is 3.55. The SMILES string of the molecule is CC1/C=C/c2cc(cc(N(C)S(C)(=O)=O)n2)COC(=O)C(C)(N)Cc2cccc(c2)CC1. The van der Waals surface area contributed by atoms with Gasteiger partial charge in [-0.05, 0) is 60.6 Å². The highest BCUT2D eigenvalue weighted by atomic mass is 32.2. The van der Waals surface area contributed by atoms with Gasteiger partial charge in [0.1, 0.15) is 18.0 Å².